The molecule has 0 aliphatic heterocycles. The largest absolute Gasteiger partial charge is 0.480 e. The predicted octanol–water partition coefficient (Wildman–Crippen LogP) is 2.99. The van der Waals surface area contributed by atoms with E-state index in [1.54, 1.807) is 0 Å². The highest BCUT2D eigenvalue weighted by atomic mass is 32.1. The van der Waals surface area contributed by atoms with Gasteiger partial charge in [-0.2, -0.15) is 5.10 Å². The Labute approximate surface area is 135 Å². The first-order valence-corrected chi connectivity index (χ1v) is 8.81. The first-order chi connectivity index (χ1) is 10.5. The fourth-order valence-corrected chi connectivity index (χ4v) is 6.05. The lowest BCUT2D eigenvalue weighted by atomic mass is 9.49. The first-order valence-electron chi connectivity index (χ1n) is 8.40. The molecule has 1 aromatic heterocycles. The molecule has 0 spiro atoms. The molecule has 5 nitrogen and oxygen atoms in total. The molecular weight excluding hydrogens is 298 g/mol. The van der Waals surface area contributed by atoms with Crippen LogP contribution in [0.5, 0.6) is 0 Å². The van der Waals surface area contributed by atoms with Crippen LogP contribution in [0.3, 0.4) is 0 Å². The highest BCUT2D eigenvalue weighted by molar-refractivity contribution is 7.71. The molecular formula is C16H23N3O2S. The first kappa shape index (κ1) is 14.4. The Hall–Kier alpha value is -1.17. The van der Waals surface area contributed by atoms with Crippen molar-refractivity contribution in [2.24, 2.45) is 17.8 Å². The Morgan fingerprint density at radius 2 is 1.82 bits per heavy atom. The smallest absolute Gasteiger partial charge is 0.325 e. The second kappa shape index (κ2) is 4.91. The topological polar surface area (TPSA) is 60.0 Å². The molecule has 4 aliphatic carbocycles. The van der Waals surface area contributed by atoms with Crippen LogP contribution in [0, 0.1) is 22.5 Å². The van der Waals surface area contributed by atoms with Gasteiger partial charge in [0.15, 0.2) is 4.77 Å². The number of hydrogen-bond donors (Lipinski definition) is 1. The number of carboxylic acid groups (broad SMARTS) is 1. The number of nitrogens with zero attached hydrogens (tertiary/aromatic N) is 3. The number of carbonyl (C=O) groups is 1. The Balaban J connectivity index is 1.79. The van der Waals surface area contributed by atoms with Crippen molar-refractivity contribution in [3.63, 3.8) is 0 Å². The second-order valence-corrected chi connectivity index (χ2v) is 7.96. The zero-order chi connectivity index (χ0) is 15.5. The normalized spacial score (nSPS) is 36.0. The van der Waals surface area contributed by atoms with E-state index in [2.05, 4.69) is 11.5 Å². The Kier molecular flexibility index (Phi) is 3.22. The van der Waals surface area contributed by atoms with Crippen LogP contribution in [-0.2, 0) is 23.3 Å². The zero-order valence-corrected chi connectivity index (χ0v) is 13.8. The van der Waals surface area contributed by atoms with Gasteiger partial charge in [0.2, 0.25) is 0 Å². The quantitative estimate of drug-likeness (QED) is 0.866. The molecule has 0 radical (unpaired) electrons. The lowest BCUT2D eigenvalue weighted by molar-refractivity contribution is -0.137. The maximum atomic E-state index is 11.1. The van der Waals surface area contributed by atoms with Gasteiger partial charge in [-0.25, -0.2) is 4.68 Å². The van der Waals surface area contributed by atoms with Crippen LogP contribution < -0.4 is 0 Å². The summed E-state index contributed by atoms with van der Waals surface area (Å²) >= 11 is 5.49. The van der Waals surface area contributed by atoms with Gasteiger partial charge in [0, 0.05) is 12.0 Å². The third-order valence-electron chi connectivity index (χ3n) is 6.04. The van der Waals surface area contributed by atoms with E-state index in [9.17, 15) is 4.79 Å². The summed E-state index contributed by atoms with van der Waals surface area (Å²) in [6, 6.07) is 0. The zero-order valence-electron chi connectivity index (χ0n) is 13.0. The van der Waals surface area contributed by atoms with Crippen molar-refractivity contribution in [1.29, 1.82) is 0 Å². The minimum absolute atomic E-state index is 0.134. The third-order valence-corrected chi connectivity index (χ3v) is 6.47. The van der Waals surface area contributed by atoms with Crippen LogP contribution in [0.2, 0.25) is 0 Å². The van der Waals surface area contributed by atoms with E-state index < -0.39 is 5.97 Å². The van der Waals surface area contributed by atoms with Crippen LogP contribution in [0.1, 0.15) is 51.3 Å². The fraction of sp³-hybridized carbons (Fsp3) is 0.812. The predicted molar refractivity (Wildman–Crippen MR) is 84.2 cm³/mol. The molecule has 0 amide bonds. The average molecular weight is 321 g/mol. The number of hydrogen-bond acceptors (Lipinski definition) is 3. The molecule has 4 fully saturated rings. The lowest BCUT2D eigenvalue weighted by Crippen LogP contribution is -2.49. The maximum Gasteiger partial charge on any atom is 0.325 e. The summed E-state index contributed by atoms with van der Waals surface area (Å²) in [6.45, 7) is 2.72. The highest BCUT2D eigenvalue weighted by Crippen LogP contribution is 2.60. The van der Waals surface area contributed by atoms with Gasteiger partial charge < -0.3 is 9.67 Å². The van der Waals surface area contributed by atoms with Gasteiger partial charge in [0.25, 0.3) is 0 Å². The van der Waals surface area contributed by atoms with Gasteiger partial charge in [-0.05, 0) is 75.4 Å². The minimum Gasteiger partial charge on any atom is -0.480 e. The van der Waals surface area contributed by atoms with Gasteiger partial charge in [-0.3, -0.25) is 4.79 Å². The molecule has 5 rings (SSSR count). The molecule has 120 valence electrons. The molecule has 22 heavy (non-hydrogen) atoms. The van der Waals surface area contributed by atoms with Gasteiger partial charge in [0.1, 0.15) is 12.4 Å². The number of aliphatic carboxylic acids is 1. The van der Waals surface area contributed by atoms with Crippen LogP contribution >= 0.6 is 12.2 Å². The molecule has 0 atom stereocenters. The Morgan fingerprint density at radius 3 is 2.27 bits per heavy atom. The van der Waals surface area contributed by atoms with Crippen LogP contribution in [0.15, 0.2) is 0 Å². The van der Waals surface area contributed by atoms with Gasteiger partial charge >= 0.3 is 5.97 Å². The van der Waals surface area contributed by atoms with E-state index in [0.29, 0.717) is 4.77 Å². The fourth-order valence-electron chi connectivity index (χ4n) is 5.73. The van der Waals surface area contributed by atoms with E-state index >= 15 is 0 Å². The molecule has 0 aromatic carbocycles. The third kappa shape index (κ3) is 2.07. The van der Waals surface area contributed by atoms with Crippen molar-refractivity contribution >= 4 is 18.2 Å². The number of carboxylic acids is 1. The summed E-state index contributed by atoms with van der Waals surface area (Å²) in [5, 5.41) is 13.8. The van der Waals surface area contributed by atoms with Gasteiger partial charge in [-0.1, -0.05) is 0 Å². The van der Waals surface area contributed by atoms with Crippen LogP contribution in [-0.4, -0.2) is 25.4 Å². The van der Waals surface area contributed by atoms with Crippen molar-refractivity contribution in [3.8, 4) is 0 Å². The summed E-state index contributed by atoms with van der Waals surface area (Å²) in [6.07, 6.45) is 7.83. The van der Waals surface area contributed by atoms with E-state index in [-0.39, 0.29) is 12.0 Å². The van der Waals surface area contributed by atoms with Gasteiger partial charge in [-0.15, -0.1) is 0 Å². The maximum absolute atomic E-state index is 11.1. The molecule has 6 heteroatoms. The summed E-state index contributed by atoms with van der Waals surface area (Å²) in [5.41, 5.74) is 0.155. The van der Waals surface area contributed by atoms with Crippen molar-refractivity contribution in [2.45, 2.75) is 64.0 Å². The second-order valence-electron chi connectivity index (χ2n) is 7.60. The standard InChI is InChI=1S/C16H23N3O2S/c1-2-18-14(17-19(15(18)22)9-13(20)21)16-6-10-3-11(7-16)5-12(4-10)8-16/h10-12H,2-9H2,1H3,(H,20,21). The monoisotopic (exact) mass is 321 g/mol. The van der Waals surface area contributed by atoms with Crippen LogP contribution in [0.25, 0.3) is 0 Å². The van der Waals surface area contributed by atoms with Crippen molar-refractivity contribution < 1.29 is 9.90 Å². The summed E-state index contributed by atoms with van der Waals surface area (Å²) in [5.74, 6) is 2.72. The molecule has 4 saturated carbocycles. The van der Waals surface area contributed by atoms with Crippen LogP contribution in [0.4, 0.5) is 0 Å². The molecule has 0 unspecified atom stereocenters. The molecule has 4 aliphatic rings. The molecule has 0 saturated heterocycles. The Bertz CT molecular complexity index is 640. The van der Waals surface area contributed by atoms with Crippen molar-refractivity contribution in [2.75, 3.05) is 0 Å². The molecule has 1 N–H and O–H groups in total. The van der Waals surface area contributed by atoms with Crippen molar-refractivity contribution in [1.82, 2.24) is 14.3 Å². The highest BCUT2D eigenvalue weighted by Gasteiger charge is 2.53. The average Bonchev–Trinajstić information content (AvgIpc) is 2.74. The Morgan fingerprint density at radius 1 is 1.27 bits per heavy atom. The van der Waals surface area contributed by atoms with Crippen molar-refractivity contribution in [3.05, 3.63) is 10.6 Å². The van der Waals surface area contributed by atoms with E-state index in [0.717, 1.165) is 30.1 Å². The number of aromatic nitrogens is 3. The van der Waals surface area contributed by atoms with E-state index in [1.165, 1.54) is 43.2 Å². The molecule has 1 heterocycles. The van der Waals surface area contributed by atoms with Gasteiger partial charge in [0.05, 0.1) is 0 Å². The SMILES string of the molecule is CCn1c(C23CC4CC(CC(C4)C2)C3)nn(CC(=O)O)c1=S. The summed E-state index contributed by atoms with van der Waals surface area (Å²) in [4.78, 5) is 11.1. The summed E-state index contributed by atoms with van der Waals surface area (Å²) < 4.78 is 4.16. The minimum atomic E-state index is -0.881. The summed E-state index contributed by atoms with van der Waals surface area (Å²) in [7, 11) is 0. The lowest BCUT2D eigenvalue weighted by Gasteiger charge is -2.56. The van der Waals surface area contributed by atoms with E-state index in [4.69, 9.17) is 22.4 Å². The number of rotatable bonds is 4. The van der Waals surface area contributed by atoms with E-state index in [1.807, 2.05) is 0 Å². The molecule has 4 bridgehead atoms. The molecule has 1 aromatic rings.